The summed E-state index contributed by atoms with van der Waals surface area (Å²) < 4.78 is 38.2. The molecule has 5 nitrogen and oxygen atoms in total. The van der Waals surface area contributed by atoms with Crippen molar-refractivity contribution in [2.45, 2.75) is 25.6 Å². The van der Waals surface area contributed by atoms with Crippen LogP contribution in [0.15, 0.2) is 30.3 Å². The van der Waals surface area contributed by atoms with Crippen LogP contribution in [0.25, 0.3) is 0 Å². The molecule has 0 aliphatic carbocycles. The van der Waals surface area contributed by atoms with Crippen LogP contribution < -0.4 is 10.6 Å². The van der Waals surface area contributed by atoms with Crippen LogP contribution in [0.3, 0.4) is 0 Å². The minimum atomic E-state index is -4.25. The van der Waals surface area contributed by atoms with E-state index < -0.39 is 24.0 Å². The van der Waals surface area contributed by atoms with E-state index in [2.05, 4.69) is 10.6 Å². The third-order valence-corrected chi connectivity index (χ3v) is 3.88. The first-order valence-electron chi connectivity index (χ1n) is 7.75. The summed E-state index contributed by atoms with van der Waals surface area (Å²) >= 11 is 0. The Kier molecular flexibility index (Phi) is 6.19. The number of halogens is 3. The molecule has 0 spiro atoms. The number of piperidine rings is 1. The van der Waals surface area contributed by atoms with Crippen LogP contribution in [-0.2, 0) is 11.3 Å². The van der Waals surface area contributed by atoms with Gasteiger partial charge in [0.2, 0.25) is 5.91 Å². The minimum absolute atomic E-state index is 0.0825. The molecular weight excluding hydrogens is 323 g/mol. The number of nitrogens with zero attached hydrogens (tertiary/aromatic N) is 1. The monoisotopic (exact) mass is 343 g/mol. The molecule has 1 saturated heterocycles. The van der Waals surface area contributed by atoms with Gasteiger partial charge in [-0.25, -0.2) is 4.79 Å². The first-order valence-corrected chi connectivity index (χ1v) is 7.75. The van der Waals surface area contributed by atoms with Gasteiger partial charge in [-0.1, -0.05) is 30.3 Å². The molecule has 0 bridgehead atoms. The second-order valence-corrected chi connectivity index (χ2v) is 5.83. The van der Waals surface area contributed by atoms with Crippen LogP contribution in [0.1, 0.15) is 18.4 Å². The lowest BCUT2D eigenvalue weighted by molar-refractivity contribution is -0.187. The summed E-state index contributed by atoms with van der Waals surface area (Å²) in [7, 11) is 0. The summed E-state index contributed by atoms with van der Waals surface area (Å²) in [6.45, 7) is 0.263. The summed E-state index contributed by atoms with van der Waals surface area (Å²) in [5.74, 6) is -2.02. The van der Waals surface area contributed by atoms with E-state index in [0.29, 0.717) is 13.0 Å². The molecule has 1 aromatic carbocycles. The number of hydrogen-bond donors (Lipinski definition) is 2. The van der Waals surface area contributed by atoms with Crippen molar-refractivity contribution in [1.82, 2.24) is 15.5 Å². The van der Waals surface area contributed by atoms with Gasteiger partial charge in [0.25, 0.3) is 0 Å². The highest BCUT2D eigenvalue weighted by molar-refractivity contribution is 5.95. The number of amides is 3. The van der Waals surface area contributed by atoms with E-state index in [0.717, 1.165) is 5.56 Å². The molecule has 3 amide bonds. The zero-order valence-corrected chi connectivity index (χ0v) is 13.1. The predicted octanol–water partition coefficient (Wildman–Crippen LogP) is 2.29. The third kappa shape index (κ3) is 5.84. The molecule has 0 saturated carbocycles. The maximum atomic E-state index is 12.7. The van der Waals surface area contributed by atoms with E-state index in [9.17, 15) is 22.8 Å². The Morgan fingerprint density at radius 2 is 1.92 bits per heavy atom. The molecule has 1 aliphatic rings. The van der Waals surface area contributed by atoms with Gasteiger partial charge in [0, 0.05) is 13.1 Å². The van der Waals surface area contributed by atoms with Crippen LogP contribution in [0, 0.1) is 5.92 Å². The Morgan fingerprint density at radius 3 is 2.58 bits per heavy atom. The lowest BCUT2D eigenvalue weighted by Crippen LogP contribution is -2.48. The van der Waals surface area contributed by atoms with E-state index in [-0.39, 0.29) is 26.1 Å². The highest BCUT2D eigenvalue weighted by Crippen LogP contribution is 2.32. The number of carbonyl (C=O) groups is 2. The number of hydrogen-bond acceptors (Lipinski definition) is 3. The van der Waals surface area contributed by atoms with Crippen molar-refractivity contribution in [2.75, 3.05) is 19.6 Å². The number of nitrogens with one attached hydrogen (secondary N) is 2. The first-order chi connectivity index (χ1) is 11.3. The van der Waals surface area contributed by atoms with E-state index in [1.54, 1.807) is 0 Å². The average Bonchev–Trinajstić information content (AvgIpc) is 2.53. The lowest BCUT2D eigenvalue weighted by atomic mass is 9.97. The SMILES string of the molecule is O=C(CN1CCC[C@H](C(F)(F)F)C1)NC(=O)NCc1ccccc1. The van der Waals surface area contributed by atoms with Gasteiger partial charge in [0.1, 0.15) is 0 Å². The number of rotatable bonds is 4. The Morgan fingerprint density at radius 1 is 1.21 bits per heavy atom. The fourth-order valence-corrected chi connectivity index (χ4v) is 2.66. The summed E-state index contributed by atoms with van der Waals surface area (Å²) in [6, 6.07) is 8.49. The summed E-state index contributed by atoms with van der Waals surface area (Å²) in [5.41, 5.74) is 0.879. The largest absolute Gasteiger partial charge is 0.393 e. The molecule has 0 radical (unpaired) electrons. The molecule has 24 heavy (non-hydrogen) atoms. The molecule has 0 aromatic heterocycles. The Balaban J connectivity index is 1.73. The maximum Gasteiger partial charge on any atom is 0.393 e. The van der Waals surface area contributed by atoms with Crippen molar-refractivity contribution >= 4 is 11.9 Å². The van der Waals surface area contributed by atoms with Crippen molar-refractivity contribution in [2.24, 2.45) is 5.92 Å². The van der Waals surface area contributed by atoms with Crippen LogP contribution in [0.5, 0.6) is 0 Å². The molecule has 1 aromatic rings. The van der Waals surface area contributed by atoms with Crippen molar-refractivity contribution < 1.29 is 22.8 Å². The van der Waals surface area contributed by atoms with Gasteiger partial charge < -0.3 is 5.32 Å². The fourth-order valence-electron chi connectivity index (χ4n) is 2.66. The molecule has 1 atom stereocenters. The molecule has 2 rings (SSSR count). The van der Waals surface area contributed by atoms with Gasteiger partial charge in [0.05, 0.1) is 12.5 Å². The normalized spacial score (nSPS) is 18.9. The number of alkyl halides is 3. The lowest BCUT2D eigenvalue weighted by Gasteiger charge is -2.33. The van der Waals surface area contributed by atoms with Crippen LogP contribution in [0.4, 0.5) is 18.0 Å². The highest BCUT2D eigenvalue weighted by Gasteiger charge is 2.41. The zero-order chi connectivity index (χ0) is 17.6. The van der Waals surface area contributed by atoms with Gasteiger partial charge in [-0.2, -0.15) is 13.2 Å². The van der Waals surface area contributed by atoms with E-state index in [1.165, 1.54) is 4.90 Å². The minimum Gasteiger partial charge on any atom is -0.334 e. The van der Waals surface area contributed by atoms with Crippen molar-refractivity contribution in [3.63, 3.8) is 0 Å². The predicted molar refractivity (Wildman–Crippen MR) is 82.0 cm³/mol. The Bertz CT molecular complexity index is 563. The highest BCUT2D eigenvalue weighted by atomic mass is 19.4. The van der Waals surface area contributed by atoms with E-state index >= 15 is 0 Å². The van der Waals surface area contributed by atoms with Crippen molar-refractivity contribution in [1.29, 1.82) is 0 Å². The molecular formula is C16H20F3N3O2. The number of likely N-dealkylation sites (tertiary alicyclic amines) is 1. The molecule has 2 N–H and O–H groups in total. The van der Waals surface area contributed by atoms with Gasteiger partial charge in [-0.05, 0) is 24.9 Å². The Hall–Kier alpha value is -2.09. The van der Waals surface area contributed by atoms with Crippen LogP contribution in [0.2, 0.25) is 0 Å². The maximum absolute atomic E-state index is 12.7. The standard InChI is InChI=1S/C16H20F3N3O2/c17-16(18,19)13-7-4-8-22(10-13)11-14(23)21-15(24)20-9-12-5-2-1-3-6-12/h1-3,5-6,13H,4,7-11H2,(H2,20,21,23,24)/t13-/m0/s1. The molecule has 1 aliphatic heterocycles. The van der Waals surface area contributed by atoms with Gasteiger partial charge in [-0.15, -0.1) is 0 Å². The molecule has 8 heteroatoms. The van der Waals surface area contributed by atoms with Crippen molar-refractivity contribution in [3.05, 3.63) is 35.9 Å². The van der Waals surface area contributed by atoms with Gasteiger partial charge >= 0.3 is 12.2 Å². The number of urea groups is 1. The second kappa shape index (κ2) is 8.14. The number of carbonyl (C=O) groups excluding carboxylic acids is 2. The van der Waals surface area contributed by atoms with Gasteiger partial charge in [-0.3, -0.25) is 15.0 Å². The molecule has 132 valence electrons. The first kappa shape index (κ1) is 18.3. The third-order valence-electron chi connectivity index (χ3n) is 3.88. The molecule has 1 heterocycles. The zero-order valence-electron chi connectivity index (χ0n) is 13.1. The topological polar surface area (TPSA) is 61.4 Å². The van der Waals surface area contributed by atoms with Crippen LogP contribution in [-0.4, -0.2) is 42.6 Å². The quantitative estimate of drug-likeness (QED) is 0.882. The second-order valence-electron chi connectivity index (χ2n) is 5.83. The van der Waals surface area contributed by atoms with Crippen molar-refractivity contribution in [3.8, 4) is 0 Å². The van der Waals surface area contributed by atoms with Gasteiger partial charge in [0.15, 0.2) is 0 Å². The van der Waals surface area contributed by atoms with E-state index in [1.807, 2.05) is 30.3 Å². The average molecular weight is 343 g/mol. The molecule has 1 fully saturated rings. The molecule has 0 unspecified atom stereocenters. The summed E-state index contributed by atoms with van der Waals surface area (Å²) in [5, 5.41) is 4.67. The number of benzene rings is 1. The smallest absolute Gasteiger partial charge is 0.334 e. The summed E-state index contributed by atoms with van der Waals surface area (Å²) in [6.07, 6.45) is -3.78. The van der Waals surface area contributed by atoms with E-state index in [4.69, 9.17) is 0 Å². The number of imide groups is 1. The Labute approximate surface area is 138 Å². The fraction of sp³-hybridized carbons (Fsp3) is 0.500. The summed E-state index contributed by atoms with van der Waals surface area (Å²) in [4.78, 5) is 24.9. The van der Waals surface area contributed by atoms with Crippen LogP contribution >= 0.6 is 0 Å².